The smallest absolute Gasteiger partial charge is 0.101 e. The number of hydrogen-bond acceptors (Lipinski definition) is 0. The molecule has 0 heterocycles. The lowest BCUT2D eigenvalue weighted by atomic mass is 10.0. The molecule has 0 nitrogen and oxygen atoms in total. The molecule has 3 fully saturated rings. The molecule has 0 N–H and O–H groups in total. The molecule has 0 aromatic heterocycles. The van der Waals surface area contributed by atoms with E-state index in [2.05, 4.69) is 0 Å². The number of alkyl halides is 2. The molecule has 3 aliphatic carbocycles. The van der Waals surface area contributed by atoms with Gasteiger partial charge in [-0.15, -0.1) is 23.2 Å². The maximum Gasteiger partial charge on any atom is 0.124 e. The predicted octanol–water partition coefficient (Wildman–Crippen LogP) is 3.62. The number of rotatable bonds is 0. The van der Waals surface area contributed by atoms with Gasteiger partial charge in [-0.25, -0.2) is 0 Å². The fourth-order valence-electron chi connectivity index (χ4n) is 3.05. The maximum atomic E-state index is 6.19. The van der Waals surface area contributed by atoms with E-state index in [4.69, 9.17) is 23.2 Å². The van der Waals surface area contributed by atoms with Crippen LogP contribution in [0.2, 0.25) is 0 Å². The Hall–Kier alpha value is 0.580. The SMILES string of the molecule is ClC1(Cl)C2CCC3CC3CCC21. The van der Waals surface area contributed by atoms with Gasteiger partial charge in [-0.1, -0.05) is 0 Å². The Labute approximate surface area is 83.6 Å². The molecule has 0 saturated heterocycles. The van der Waals surface area contributed by atoms with Crippen LogP contribution in [0.4, 0.5) is 0 Å². The van der Waals surface area contributed by atoms with E-state index in [-0.39, 0.29) is 4.33 Å². The molecular formula is C10H14Cl2. The van der Waals surface area contributed by atoms with Crippen molar-refractivity contribution in [1.29, 1.82) is 0 Å². The average Bonchev–Trinajstić information content (AvgIpc) is 2.75. The predicted molar refractivity (Wildman–Crippen MR) is 51.5 cm³/mol. The molecular weight excluding hydrogens is 191 g/mol. The normalized spacial score (nSPS) is 54.5. The van der Waals surface area contributed by atoms with Crippen LogP contribution in [-0.4, -0.2) is 4.33 Å². The van der Waals surface area contributed by atoms with Crippen LogP contribution in [0.1, 0.15) is 32.1 Å². The Morgan fingerprint density at radius 2 is 1.33 bits per heavy atom. The van der Waals surface area contributed by atoms with Gasteiger partial charge < -0.3 is 0 Å². The number of halogens is 2. The minimum Gasteiger partial charge on any atom is -0.101 e. The Morgan fingerprint density at radius 3 is 1.83 bits per heavy atom. The number of fused-ring (bicyclic) bond motifs is 2. The van der Waals surface area contributed by atoms with Crippen LogP contribution in [0.15, 0.2) is 0 Å². The zero-order valence-electron chi connectivity index (χ0n) is 7.10. The van der Waals surface area contributed by atoms with Crippen LogP contribution < -0.4 is 0 Å². The highest BCUT2D eigenvalue weighted by Gasteiger charge is 2.63. The molecule has 12 heavy (non-hydrogen) atoms. The van der Waals surface area contributed by atoms with E-state index in [0.717, 1.165) is 11.8 Å². The molecule has 0 radical (unpaired) electrons. The fourth-order valence-corrected chi connectivity index (χ4v) is 3.97. The van der Waals surface area contributed by atoms with Crippen molar-refractivity contribution < 1.29 is 0 Å². The first-order valence-electron chi connectivity index (χ1n) is 5.07. The van der Waals surface area contributed by atoms with Gasteiger partial charge in [-0.05, 0) is 55.8 Å². The summed E-state index contributed by atoms with van der Waals surface area (Å²) in [5.74, 6) is 3.39. The van der Waals surface area contributed by atoms with Gasteiger partial charge in [0.15, 0.2) is 0 Å². The zero-order valence-corrected chi connectivity index (χ0v) is 8.61. The topological polar surface area (TPSA) is 0 Å². The highest BCUT2D eigenvalue weighted by molar-refractivity contribution is 6.51. The maximum absolute atomic E-state index is 6.19. The molecule has 3 saturated carbocycles. The van der Waals surface area contributed by atoms with E-state index in [1.54, 1.807) is 0 Å². The van der Waals surface area contributed by atoms with Crippen molar-refractivity contribution in [2.24, 2.45) is 23.7 Å². The third-order valence-corrected chi connectivity index (χ3v) is 5.25. The summed E-state index contributed by atoms with van der Waals surface area (Å²) in [7, 11) is 0. The summed E-state index contributed by atoms with van der Waals surface area (Å²) in [4.78, 5) is 0. The molecule has 0 aliphatic heterocycles. The van der Waals surface area contributed by atoms with Crippen molar-refractivity contribution in [2.45, 2.75) is 36.4 Å². The molecule has 0 amide bonds. The third kappa shape index (κ3) is 1.04. The van der Waals surface area contributed by atoms with Crippen molar-refractivity contribution in [3.63, 3.8) is 0 Å². The third-order valence-electron chi connectivity index (χ3n) is 4.13. The molecule has 68 valence electrons. The monoisotopic (exact) mass is 204 g/mol. The first kappa shape index (κ1) is 7.94. The van der Waals surface area contributed by atoms with Crippen LogP contribution >= 0.6 is 23.2 Å². The van der Waals surface area contributed by atoms with Crippen molar-refractivity contribution in [3.05, 3.63) is 0 Å². The van der Waals surface area contributed by atoms with Crippen LogP contribution in [0, 0.1) is 23.7 Å². The highest BCUT2D eigenvalue weighted by atomic mass is 35.5. The van der Waals surface area contributed by atoms with E-state index >= 15 is 0 Å². The van der Waals surface area contributed by atoms with E-state index in [1.807, 2.05) is 0 Å². The highest BCUT2D eigenvalue weighted by Crippen LogP contribution is 2.66. The number of hydrogen-bond donors (Lipinski definition) is 0. The van der Waals surface area contributed by atoms with Gasteiger partial charge in [0.2, 0.25) is 0 Å². The molecule has 2 heteroatoms. The molecule has 0 spiro atoms. The second-order valence-electron chi connectivity index (χ2n) is 4.80. The van der Waals surface area contributed by atoms with Crippen LogP contribution in [0.3, 0.4) is 0 Å². The molecule has 3 aliphatic rings. The van der Waals surface area contributed by atoms with Crippen molar-refractivity contribution in [1.82, 2.24) is 0 Å². The summed E-state index contributed by atoms with van der Waals surface area (Å²) in [5, 5.41) is 0. The van der Waals surface area contributed by atoms with E-state index < -0.39 is 0 Å². The Kier molecular flexibility index (Phi) is 1.54. The lowest BCUT2D eigenvalue weighted by Gasteiger charge is -2.03. The van der Waals surface area contributed by atoms with Crippen molar-refractivity contribution >= 4 is 23.2 Å². The molecule has 4 unspecified atom stereocenters. The molecule has 0 aromatic carbocycles. The van der Waals surface area contributed by atoms with Crippen molar-refractivity contribution in [2.75, 3.05) is 0 Å². The fraction of sp³-hybridized carbons (Fsp3) is 1.00. The second-order valence-corrected chi connectivity index (χ2v) is 6.24. The molecule has 0 aromatic rings. The van der Waals surface area contributed by atoms with E-state index in [9.17, 15) is 0 Å². The molecule has 0 bridgehead atoms. The van der Waals surface area contributed by atoms with Gasteiger partial charge in [0.25, 0.3) is 0 Å². The van der Waals surface area contributed by atoms with Gasteiger partial charge in [0, 0.05) is 0 Å². The first-order chi connectivity index (χ1) is 5.69. The Balaban J connectivity index is 1.70. The Morgan fingerprint density at radius 1 is 0.833 bits per heavy atom. The van der Waals surface area contributed by atoms with Crippen LogP contribution in [-0.2, 0) is 0 Å². The van der Waals surface area contributed by atoms with Gasteiger partial charge in [0.1, 0.15) is 4.33 Å². The summed E-state index contributed by atoms with van der Waals surface area (Å²) < 4.78 is -0.323. The molecule has 3 rings (SSSR count). The second kappa shape index (κ2) is 2.33. The van der Waals surface area contributed by atoms with Gasteiger partial charge >= 0.3 is 0 Å². The standard InChI is InChI=1S/C10H14Cl2/c11-10(12)8-3-1-6-5-7(6)2-4-9(8)10/h6-9H,1-5H2. The van der Waals surface area contributed by atoms with Crippen molar-refractivity contribution in [3.8, 4) is 0 Å². The van der Waals surface area contributed by atoms with Gasteiger partial charge in [-0.2, -0.15) is 0 Å². The minimum absolute atomic E-state index is 0.323. The Bertz CT molecular complexity index is 192. The average molecular weight is 205 g/mol. The lowest BCUT2D eigenvalue weighted by molar-refractivity contribution is 0.468. The largest absolute Gasteiger partial charge is 0.124 e. The van der Waals surface area contributed by atoms with Gasteiger partial charge in [0.05, 0.1) is 0 Å². The minimum atomic E-state index is -0.323. The van der Waals surface area contributed by atoms with Crippen LogP contribution in [0.5, 0.6) is 0 Å². The van der Waals surface area contributed by atoms with E-state index in [0.29, 0.717) is 11.8 Å². The summed E-state index contributed by atoms with van der Waals surface area (Å²) in [6.07, 6.45) is 6.87. The summed E-state index contributed by atoms with van der Waals surface area (Å²) in [6.45, 7) is 0. The summed E-state index contributed by atoms with van der Waals surface area (Å²) in [5.41, 5.74) is 0. The van der Waals surface area contributed by atoms with E-state index in [1.165, 1.54) is 32.1 Å². The quantitative estimate of drug-likeness (QED) is 0.530. The summed E-state index contributed by atoms with van der Waals surface area (Å²) in [6, 6.07) is 0. The first-order valence-corrected chi connectivity index (χ1v) is 5.83. The van der Waals surface area contributed by atoms with Crippen LogP contribution in [0.25, 0.3) is 0 Å². The summed E-state index contributed by atoms with van der Waals surface area (Å²) >= 11 is 12.4. The zero-order chi connectivity index (χ0) is 8.34. The molecule has 4 atom stereocenters. The van der Waals surface area contributed by atoms with Gasteiger partial charge in [-0.3, -0.25) is 0 Å². The lowest BCUT2D eigenvalue weighted by Crippen LogP contribution is -1.93.